The van der Waals surface area contributed by atoms with Crippen LogP contribution in [0.1, 0.15) is 18.9 Å². The van der Waals surface area contributed by atoms with Crippen LogP contribution in [0.2, 0.25) is 0 Å². The van der Waals surface area contributed by atoms with E-state index < -0.39 is 38.6 Å². The number of aryl methyl sites for hydroxylation is 2. The number of alkyl halides is 2. The second-order valence-electron chi connectivity index (χ2n) is 4.45. The first-order chi connectivity index (χ1) is 10.6. The summed E-state index contributed by atoms with van der Waals surface area (Å²) in [7, 11) is -3.19. The van der Waals surface area contributed by atoms with Crippen molar-refractivity contribution >= 4 is 10.1 Å². The van der Waals surface area contributed by atoms with Crippen LogP contribution in [0.25, 0.3) is 0 Å². The molecule has 0 aliphatic carbocycles. The molecule has 23 heavy (non-hydrogen) atoms. The van der Waals surface area contributed by atoms with Gasteiger partial charge >= 0.3 is 0 Å². The standard InChI is InChI=1S/C7H4F4O3S.C6H11N2/c8-5-3(7(10)11)1-2-4(6(5)9)15(12,13)14;1-3-8-5-4-7(2)6-8/h1-2,7H,(H,12,13,14);4-6H,3H2,1-2H3/q;+1/p-1. The molecule has 1 aromatic carbocycles. The molecule has 10 heteroatoms. The van der Waals surface area contributed by atoms with E-state index in [4.69, 9.17) is 0 Å². The highest BCUT2D eigenvalue weighted by Gasteiger charge is 2.21. The Morgan fingerprint density at radius 2 is 1.87 bits per heavy atom. The van der Waals surface area contributed by atoms with Crippen molar-refractivity contribution < 1.29 is 35.1 Å². The average Bonchev–Trinajstić information content (AvgIpc) is 2.86. The Kier molecular flexibility index (Phi) is 6.28. The molecule has 0 fully saturated rings. The molecule has 0 atom stereocenters. The predicted octanol–water partition coefficient (Wildman–Crippen LogP) is 2.14. The maximum absolute atomic E-state index is 12.8. The monoisotopic (exact) mass is 354 g/mol. The number of halogens is 4. The second kappa shape index (κ2) is 7.55. The van der Waals surface area contributed by atoms with Crippen LogP contribution in [-0.4, -0.2) is 17.5 Å². The summed E-state index contributed by atoms with van der Waals surface area (Å²) >= 11 is 0. The fraction of sp³-hybridized carbons (Fsp3) is 0.308. The average molecular weight is 354 g/mol. The van der Waals surface area contributed by atoms with Gasteiger partial charge in [-0.05, 0) is 19.1 Å². The summed E-state index contributed by atoms with van der Waals surface area (Å²) in [6, 6.07) is 0.663. The van der Waals surface area contributed by atoms with E-state index in [9.17, 15) is 30.5 Å². The van der Waals surface area contributed by atoms with Crippen molar-refractivity contribution in [3.8, 4) is 0 Å². The van der Waals surface area contributed by atoms with Crippen LogP contribution in [0, 0.1) is 11.6 Å². The van der Waals surface area contributed by atoms with Crippen LogP contribution in [0.15, 0.2) is 35.7 Å². The van der Waals surface area contributed by atoms with Crippen molar-refractivity contribution in [1.29, 1.82) is 0 Å². The zero-order chi connectivity index (χ0) is 17.8. The molecule has 2 rings (SSSR count). The number of hydrogen-bond acceptors (Lipinski definition) is 3. The summed E-state index contributed by atoms with van der Waals surface area (Å²) in [4.78, 5) is -1.48. The summed E-state index contributed by atoms with van der Waals surface area (Å²) in [5.74, 6) is -4.11. The van der Waals surface area contributed by atoms with Crippen LogP contribution in [0.5, 0.6) is 0 Å². The zero-order valence-electron chi connectivity index (χ0n) is 12.2. The van der Waals surface area contributed by atoms with E-state index in [1.807, 2.05) is 17.8 Å². The first kappa shape index (κ1) is 19.1. The fourth-order valence-corrected chi connectivity index (χ4v) is 2.14. The van der Waals surface area contributed by atoms with E-state index in [0.29, 0.717) is 12.1 Å². The van der Waals surface area contributed by atoms with Crippen LogP contribution >= 0.6 is 0 Å². The fourth-order valence-electron chi connectivity index (χ4n) is 1.60. The van der Waals surface area contributed by atoms with Gasteiger partial charge in [-0.1, -0.05) is 0 Å². The van der Waals surface area contributed by atoms with Gasteiger partial charge in [0, 0.05) is 0 Å². The van der Waals surface area contributed by atoms with E-state index >= 15 is 0 Å². The maximum Gasteiger partial charge on any atom is 0.266 e. The lowest BCUT2D eigenvalue weighted by molar-refractivity contribution is -0.671. The molecule has 0 saturated heterocycles. The first-order valence-corrected chi connectivity index (χ1v) is 7.71. The lowest BCUT2D eigenvalue weighted by Crippen LogP contribution is -2.23. The Bertz CT molecular complexity index is 776. The SMILES string of the molecule is CCn1cc[n+](C)c1.O=S(=O)([O-])c1ccc(C(F)F)c(F)c1F. The van der Waals surface area contributed by atoms with Gasteiger partial charge in [0.2, 0.25) is 6.33 Å². The van der Waals surface area contributed by atoms with Crippen molar-refractivity contribution in [2.45, 2.75) is 24.8 Å². The Morgan fingerprint density at radius 1 is 1.26 bits per heavy atom. The predicted molar refractivity (Wildman–Crippen MR) is 70.6 cm³/mol. The summed E-state index contributed by atoms with van der Waals surface area (Å²) in [6.07, 6.45) is 2.85. The molecular weight excluding hydrogens is 340 g/mol. The van der Waals surface area contributed by atoms with E-state index in [1.54, 1.807) is 0 Å². The molecule has 0 spiro atoms. The van der Waals surface area contributed by atoms with Gasteiger partial charge in [0.25, 0.3) is 6.43 Å². The number of nitrogens with zero attached hydrogens (tertiary/aromatic N) is 2. The first-order valence-electron chi connectivity index (χ1n) is 6.30. The molecule has 0 amide bonds. The van der Waals surface area contributed by atoms with Gasteiger partial charge in [-0.3, -0.25) is 0 Å². The number of benzene rings is 1. The highest BCUT2D eigenvalue weighted by Crippen LogP contribution is 2.27. The van der Waals surface area contributed by atoms with Gasteiger partial charge in [0.05, 0.1) is 24.1 Å². The molecule has 0 N–H and O–H groups in total. The Labute approximate surface area is 130 Å². The van der Waals surface area contributed by atoms with Gasteiger partial charge in [0.1, 0.15) is 22.5 Å². The van der Waals surface area contributed by atoms with E-state index in [-0.39, 0.29) is 0 Å². The van der Waals surface area contributed by atoms with Gasteiger partial charge < -0.3 is 4.55 Å². The number of rotatable bonds is 3. The molecule has 1 aromatic heterocycles. The third kappa shape index (κ3) is 5.03. The molecule has 2 aromatic rings. The van der Waals surface area contributed by atoms with Gasteiger partial charge in [0.15, 0.2) is 11.6 Å². The lowest BCUT2D eigenvalue weighted by atomic mass is 10.2. The van der Waals surface area contributed by atoms with Gasteiger partial charge in [-0.15, -0.1) is 0 Å². The molecule has 0 aliphatic heterocycles. The molecule has 128 valence electrons. The highest BCUT2D eigenvalue weighted by molar-refractivity contribution is 7.85. The van der Waals surface area contributed by atoms with Crippen molar-refractivity contribution in [3.05, 3.63) is 48.1 Å². The van der Waals surface area contributed by atoms with Crippen molar-refractivity contribution in [2.75, 3.05) is 0 Å². The summed E-state index contributed by atoms with van der Waals surface area (Å²) in [6.45, 7) is 3.18. The number of aromatic nitrogens is 2. The Balaban J connectivity index is 0.000000277. The molecule has 5 nitrogen and oxygen atoms in total. The van der Waals surface area contributed by atoms with E-state index in [2.05, 4.69) is 24.0 Å². The van der Waals surface area contributed by atoms with Crippen molar-refractivity contribution in [3.63, 3.8) is 0 Å². The molecule has 0 bridgehead atoms. The Hall–Kier alpha value is -1.94. The number of hydrogen-bond donors (Lipinski definition) is 0. The third-order valence-electron chi connectivity index (χ3n) is 2.77. The summed E-state index contributed by atoms with van der Waals surface area (Å²) < 4.78 is 84.8. The molecule has 0 aliphatic rings. The van der Waals surface area contributed by atoms with Gasteiger partial charge in [-0.2, -0.15) is 0 Å². The molecule has 0 radical (unpaired) electrons. The number of imidazole rings is 1. The van der Waals surface area contributed by atoms with Crippen LogP contribution < -0.4 is 4.57 Å². The Morgan fingerprint density at radius 3 is 2.22 bits per heavy atom. The lowest BCUT2D eigenvalue weighted by Gasteiger charge is -2.10. The van der Waals surface area contributed by atoms with Crippen molar-refractivity contribution in [2.24, 2.45) is 7.05 Å². The quantitative estimate of drug-likeness (QED) is 0.482. The molecule has 1 heterocycles. The van der Waals surface area contributed by atoms with Crippen LogP contribution in [0.4, 0.5) is 17.6 Å². The minimum Gasteiger partial charge on any atom is -0.744 e. The topological polar surface area (TPSA) is 66.0 Å². The van der Waals surface area contributed by atoms with E-state index in [0.717, 1.165) is 6.54 Å². The second-order valence-corrected chi connectivity index (χ2v) is 5.79. The van der Waals surface area contributed by atoms with Crippen molar-refractivity contribution in [1.82, 2.24) is 4.57 Å². The summed E-state index contributed by atoms with van der Waals surface area (Å²) in [5, 5.41) is 0. The maximum atomic E-state index is 12.8. The zero-order valence-corrected chi connectivity index (χ0v) is 13.0. The third-order valence-corrected chi connectivity index (χ3v) is 3.62. The molecule has 0 saturated carbocycles. The normalized spacial score (nSPS) is 11.3. The van der Waals surface area contributed by atoms with Crippen LogP contribution in [-0.2, 0) is 23.7 Å². The molecule has 0 unspecified atom stereocenters. The van der Waals surface area contributed by atoms with Crippen LogP contribution in [0.3, 0.4) is 0 Å². The highest BCUT2D eigenvalue weighted by atomic mass is 32.2. The smallest absolute Gasteiger partial charge is 0.266 e. The minimum absolute atomic E-state index is 0.308. The summed E-state index contributed by atoms with van der Waals surface area (Å²) in [5.41, 5.74) is -1.29. The van der Waals surface area contributed by atoms with Gasteiger partial charge in [-0.25, -0.2) is 35.1 Å². The van der Waals surface area contributed by atoms with E-state index in [1.165, 1.54) is 0 Å². The largest absolute Gasteiger partial charge is 0.744 e. The molecular formula is C13H14F4N2O3S. The minimum atomic E-state index is -5.21.